The van der Waals surface area contributed by atoms with Gasteiger partial charge in [0.2, 0.25) is 0 Å². The van der Waals surface area contributed by atoms with Crippen LogP contribution in [0.15, 0.2) is 4.99 Å². The lowest BCUT2D eigenvalue weighted by molar-refractivity contribution is 0.475. The molecule has 0 unspecified atom stereocenters. The molecule has 0 amide bonds. The zero-order valence-electron chi connectivity index (χ0n) is 5.05. The highest BCUT2D eigenvalue weighted by Crippen LogP contribution is 1.58. The number of hydrogen-bond donors (Lipinski definition) is 2. The van der Waals surface area contributed by atoms with Gasteiger partial charge >= 0.3 is 0 Å². The molecule has 0 fully saturated rings. The summed E-state index contributed by atoms with van der Waals surface area (Å²) in [5, 5.41) is 8.14. The molecule has 0 rings (SSSR count). The molecule has 0 aliphatic heterocycles. The van der Waals surface area contributed by atoms with Crippen molar-refractivity contribution in [2.75, 3.05) is 14.1 Å². The normalized spacial score (nSPS) is 9.25. The zero-order chi connectivity index (χ0) is 6.41. The van der Waals surface area contributed by atoms with E-state index in [1.165, 1.54) is 11.3 Å². The average Bonchev–Trinajstić information content (AvgIpc) is 1.83. The Bertz CT molecular complexity index is 88.0. The van der Waals surface area contributed by atoms with Crippen molar-refractivity contribution in [3.05, 3.63) is 0 Å². The predicted molar refractivity (Wildman–Crippen MR) is 34.1 cm³/mol. The van der Waals surface area contributed by atoms with E-state index in [0.29, 0.717) is 0 Å². The van der Waals surface area contributed by atoms with Crippen molar-refractivity contribution < 1.29 is 0 Å². The Labute approximate surface area is 48.7 Å². The Kier molecular flexibility index (Phi) is 3.56. The van der Waals surface area contributed by atoms with Crippen LogP contribution in [0.5, 0.6) is 0 Å². The first-order valence-corrected chi connectivity index (χ1v) is 2.21. The Morgan fingerprint density at radius 3 is 2.75 bits per heavy atom. The first-order valence-electron chi connectivity index (χ1n) is 2.21. The van der Waals surface area contributed by atoms with E-state index in [2.05, 4.69) is 10.4 Å². The van der Waals surface area contributed by atoms with E-state index >= 15 is 0 Å². The summed E-state index contributed by atoms with van der Waals surface area (Å²) >= 11 is 0. The highest BCUT2D eigenvalue weighted by atomic mass is 15.5. The molecule has 0 atom stereocenters. The van der Waals surface area contributed by atoms with Crippen molar-refractivity contribution in [1.82, 2.24) is 10.4 Å². The molecule has 0 aromatic rings. The lowest BCUT2D eigenvalue weighted by atomic mass is 11.1. The van der Waals surface area contributed by atoms with Gasteiger partial charge in [0.05, 0.1) is 0 Å². The minimum atomic E-state index is 1.15. The molecule has 0 aromatic heterocycles. The molecular formula is C4H10N4. The van der Waals surface area contributed by atoms with Gasteiger partial charge < -0.3 is 0 Å². The second-order valence-corrected chi connectivity index (χ2v) is 1.26. The molecule has 46 valence electrons. The van der Waals surface area contributed by atoms with Gasteiger partial charge in [0.25, 0.3) is 0 Å². The maximum Gasteiger partial charge on any atom is 0.101 e. The van der Waals surface area contributed by atoms with E-state index in [4.69, 9.17) is 5.41 Å². The summed E-state index contributed by atoms with van der Waals surface area (Å²) in [5.41, 5.74) is 2.68. The molecule has 8 heavy (non-hydrogen) atoms. The summed E-state index contributed by atoms with van der Waals surface area (Å²) in [4.78, 5) is 3.64. The molecule has 0 heterocycles. The van der Waals surface area contributed by atoms with Gasteiger partial charge in [-0.2, -0.15) is 0 Å². The van der Waals surface area contributed by atoms with Crippen LogP contribution in [-0.2, 0) is 0 Å². The highest BCUT2D eigenvalue weighted by molar-refractivity contribution is 5.58. The lowest BCUT2D eigenvalue weighted by Crippen LogP contribution is -2.31. The third-order valence-electron chi connectivity index (χ3n) is 0.584. The van der Waals surface area contributed by atoms with Gasteiger partial charge in [0.1, 0.15) is 12.7 Å². The third-order valence-corrected chi connectivity index (χ3v) is 0.584. The first-order chi connectivity index (χ1) is 3.81. The van der Waals surface area contributed by atoms with Gasteiger partial charge in [0, 0.05) is 14.1 Å². The van der Waals surface area contributed by atoms with Crippen LogP contribution >= 0.6 is 0 Å². The van der Waals surface area contributed by atoms with E-state index in [9.17, 15) is 0 Å². The summed E-state index contributed by atoms with van der Waals surface area (Å²) in [6.07, 6.45) is 2.66. The monoisotopic (exact) mass is 114 g/mol. The Balaban J connectivity index is 3.23. The van der Waals surface area contributed by atoms with Crippen molar-refractivity contribution in [2.24, 2.45) is 4.99 Å². The molecule has 0 saturated heterocycles. The molecule has 0 bridgehead atoms. The molecule has 0 saturated carbocycles. The van der Waals surface area contributed by atoms with Crippen molar-refractivity contribution in [2.45, 2.75) is 0 Å². The topological polar surface area (TPSA) is 51.5 Å². The predicted octanol–water partition coefficient (Wildman–Crippen LogP) is -0.312. The molecule has 0 aliphatic rings. The first kappa shape index (κ1) is 6.94. The summed E-state index contributed by atoms with van der Waals surface area (Å²) < 4.78 is 0. The highest BCUT2D eigenvalue weighted by Gasteiger charge is 1.77. The summed E-state index contributed by atoms with van der Waals surface area (Å²) in [6, 6.07) is 0. The van der Waals surface area contributed by atoms with Crippen LogP contribution in [0.3, 0.4) is 0 Å². The van der Waals surface area contributed by atoms with E-state index in [0.717, 1.165) is 6.34 Å². The molecular weight excluding hydrogens is 104 g/mol. The van der Waals surface area contributed by atoms with Crippen molar-refractivity contribution >= 4 is 12.7 Å². The quantitative estimate of drug-likeness (QED) is 0.300. The zero-order valence-corrected chi connectivity index (χ0v) is 5.05. The lowest BCUT2D eigenvalue weighted by Gasteiger charge is -2.08. The summed E-state index contributed by atoms with van der Waals surface area (Å²) in [7, 11) is 3.37. The number of nitrogens with one attached hydrogen (secondary N) is 2. The molecule has 0 spiro atoms. The van der Waals surface area contributed by atoms with Crippen LogP contribution in [0.4, 0.5) is 0 Å². The Morgan fingerprint density at radius 2 is 2.38 bits per heavy atom. The number of hydrogen-bond acceptors (Lipinski definition) is 2. The Morgan fingerprint density at radius 1 is 1.75 bits per heavy atom. The average molecular weight is 114 g/mol. The van der Waals surface area contributed by atoms with Crippen molar-refractivity contribution in [3.63, 3.8) is 0 Å². The van der Waals surface area contributed by atoms with Crippen LogP contribution in [0.25, 0.3) is 0 Å². The second kappa shape index (κ2) is 4.11. The fourth-order valence-corrected chi connectivity index (χ4v) is 0.186. The van der Waals surface area contributed by atoms with Crippen LogP contribution in [0.2, 0.25) is 0 Å². The van der Waals surface area contributed by atoms with Crippen molar-refractivity contribution in [3.8, 4) is 0 Å². The smallest absolute Gasteiger partial charge is 0.101 e. The fourth-order valence-electron chi connectivity index (χ4n) is 0.186. The van der Waals surface area contributed by atoms with Crippen LogP contribution in [0.1, 0.15) is 0 Å². The summed E-state index contributed by atoms with van der Waals surface area (Å²) in [6.45, 7) is 0. The third kappa shape index (κ3) is 3.14. The minimum absolute atomic E-state index is 1.15. The van der Waals surface area contributed by atoms with Gasteiger partial charge in [-0.05, 0) is 0 Å². The van der Waals surface area contributed by atoms with Crippen LogP contribution in [0, 0.1) is 5.41 Å². The molecule has 4 nitrogen and oxygen atoms in total. The standard InChI is InChI=1S/C4H10N4/c1-6-4-7-8(2)3-5/h3-5H,1-2H3,(H,6,7). The van der Waals surface area contributed by atoms with Crippen molar-refractivity contribution in [1.29, 1.82) is 5.41 Å². The summed E-state index contributed by atoms with van der Waals surface area (Å²) in [5.74, 6) is 0. The maximum absolute atomic E-state index is 6.66. The fraction of sp³-hybridized carbons (Fsp3) is 0.500. The van der Waals surface area contributed by atoms with Gasteiger partial charge in [-0.1, -0.05) is 0 Å². The number of aliphatic imine (C=N–C) groups is 1. The second-order valence-electron chi connectivity index (χ2n) is 1.26. The van der Waals surface area contributed by atoms with Crippen LogP contribution in [-0.4, -0.2) is 31.8 Å². The SMILES string of the molecule is CN=CNN(C)C=N. The van der Waals surface area contributed by atoms with E-state index in [1.807, 2.05) is 0 Å². The van der Waals surface area contributed by atoms with E-state index in [1.54, 1.807) is 14.1 Å². The molecule has 4 heteroatoms. The maximum atomic E-state index is 6.66. The van der Waals surface area contributed by atoms with E-state index in [-0.39, 0.29) is 0 Å². The number of rotatable bonds is 3. The largest absolute Gasteiger partial charge is 0.290 e. The van der Waals surface area contributed by atoms with Gasteiger partial charge in [-0.25, -0.2) is 0 Å². The minimum Gasteiger partial charge on any atom is -0.290 e. The van der Waals surface area contributed by atoms with Crippen LogP contribution < -0.4 is 5.43 Å². The molecule has 0 radical (unpaired) electrons. The van der Waals surface area contributed by atoms with Gasteiger partial charge in [-0.3, -0.25) is 20.8 Å². The molecule has 0 aliphatic carbocycles. The molecule has 2 N–H and O–H groups in total. The Hall–Kier alpha value is -1.06. The van der Waals surface area contributed by atoms with Gasteiger partial charge in [-0.15, -0.1) is 0 Å². The van der Waals surface area contributed by atoms with Gasteiger partial charge in [0.15, 0.2) is 0 Å². The number of nitrogens with zero attached hydrogens (tertiary/aromatic N) is 2. The van der Waals surface area contributed by atoms with E-state index < -0.39 is 0 Å². The number of hydrazine groups is 1. The molecule has 0 aromatic carbocycles.